The SMILES string of the molecule is CCCCCCC#CC(=O)c1ccc(C)cc1. The first-order valence-electron chi connectivity index (χ1n) is 6.34. The number of aryl methyl sites for hydroxylation is 1. The summed E-state index contributed by atoms with van der Waals surface area (Å²) in [5.74, 6) is 5.60. The Bertz CT molecular complexity index is 403. The summed E-state index contributed by atoms with van der Waals surface area (Å²) in [7, 11) is 0. The van der Waals surface area contributed by atoms with E-state index in [1.54, 1.807) is 0 Å². The van der Waals surface area contributed by atoms with Crippen molar-refractivity contribution in [3.8, 4) is 11.8 Å². The molecule has 1 aromatic carbocycles. The molecule has 0 saturated carbocycles. The van der Waals surface area contributed by atoms with Crippen LogP contribution in [0, 0.1) is 18.8 Å². The molecule has 0 unspecified atom stereocenters. The summed E-state index contributed by atoms with van der Waals surface area (Å²) < 4.78 is 0. The maximum atomic E-state index is 11.7. The number of hydrogen-bond acceptors (Lipinski definition) is 1. The molecule has 0 fully saturated rings. The van der Waals surface area contributed by atoms with Gasteiger partial charge < -0.3 is 0 Å². The van der Waals surface area contributed by atoms with Crippen molar-refractivity contribution < 1.29 is 4.79 Å². The molecule has 1 nitrogen and oxygen atoms in total. The van der Waals surface area contributed by atoms with Crippen molar-refractivity contribution >= 4 is 5.78 Å². The lowest BCUT2D eigenvalue weighted by Crippen LogP contribution is -1.94. The standard InChI is InChI=1S/C16H20O/c1-3-4-5-6-7-8-9-16(17)15-12-10-14(2)11-13-15/h10-13H,3-7H2,1-2H3. The third kappa shape index (κ3) is 5.36. The Morgan fingerprint density at radius 1 is 1.12 bits per heavy atom. The van der Waals surface area contributed by atoms with Gasteiger partial charge in [-0.15, -0.1) is 0 Å². The summed E-state index contributed by atoms with van der Waals surface area (Å²) in [4.78, 5) is 11.7. The van der Waals surface area contributed by atoms with E-state index in [0.717, 1.165) is 18.4 Å². The summed E-state index contributed by atoms with van der Waals surface area (Å²) in [6, 6.07) is 7.55. The zero-order chi connectivity index (χ0) is 12.5. The van der Waals surface area contributed by atoms with Crippen LogP contribution in [0.5, 0.6) is 0 Å². The van der Waals surface area contributed by atoms with Crippen LogP contribution in [0.15, 0.2) is 24.3 Å². The number of ketones is 1. The summed E-state index contributed by atoms with van der Waals surface area (Å²) in [5.41, 5.74) is 1.85. The molecule has 0 radical (unpaired) electrons. The minimum absolute atomic E-state index is 0.0690. The maximum Gasteiger partial charge on any atom is 0.235 e. The largest absolute Gasteiger partial charge is 0.279 e. The van der Waals surface area contributed by atoms with Gasteiger partial charge in [-0.1, -0.05) is 61.9 Å². The van der Waals surface area contributed by atoms with Crippen molar-refractivity contribution in [3.05, 3.63) is 35.4 Å². The van der Waals surface area contributed by atoms with Gasteiger partial charge in [-0.3, -0.25) is 4.79 Å². The van der Waals surface area contributed by atoms with Crippen LogP contribution in [0.3, 0.4) is 0 Å². The van der Waals surface area contributed by atoms with Gasteiger partial charge >= 0.3 is 0 Å². The van der Waals surface area contributed by atoms with Gasteiger partial charge in [0.2, 0.25) is 5.78 Å². The Morgan fingerprint density at radius 3 is 2.47 bits per heavy atom. The topological polar surface area (TPSA) is 17.1 Å². The molecule has 0 bridgehead atoms. The summed E-state index contributed by atoms with van der Waals surface area (Å²) in [5, 5.41) is 0. The molecule has 1 rings (SSSR count). The van der Waals surface area contributed by atoms with Crippen LogP contribution in [0.1, 0.15) is 54.9 Å². The Balaban J connectivity index is 2.39. The van der Waals surface area contributed by atoms with Gasteiger partial charge in [-0.05, 0) is 19.3 Å². The van der Waals surface area contributed by atoms with E-state index in [2.05, 4.69) is 18.8 Å². The van der Waals surface area contributed by atoms with E-state index in [4.69, 9.17) is 0 Å². The molecule has 0 aliphatic rings. The highest BCUT2D eigenvalue weighted by Gasteiger charge is 1.99. The Hall–Kier alpha value is -1.55. The number of Topliss-reactive ketones (excluding diaryl/α,β-unsaturated/α-hetero) is 1. The monoisotopic (exact) mass is 228 g/mol. The molecule has 0 aliphatic carbocycles. The van der Waals surface area contributed by atoms with Crippen LogP contribution in [-0.2, 0) is 0 Å². The predicted molar refractivity (Wildman–Crippen MR) is 72.0 cm³/mol. The number of benzene rings is 1. The minimum atomic E-state index is -0.0690. The highest BCUT2D eigenvalue weighted by Crippen LogP contribution is 2.04. The lowest BCUT2D eigenvalue weighted by molar-refractivity contribution is 0.105. The molecule has 0 amide bonds. The van der Waals surface area contributed by atoms with Crippen molar-refractivity contribution in [1.29, 1.82) is 0 Å². The Kier molecular flexibility index (Phi) is 6.10. The van der Waals surface area contributed by atoms with Crippen molar-refractivity contribution in [3.63, 3.8) is 0 Å². The molecule has 0 heterocycles. The van der Waals surface area contributed by atoms with Gasteiger partial charge in [0.25, 0.3) is 0 Å². The van der Waals surface area contributed by atoms with E-state index < -0.39 is 0 Å². The van der Waals surface area contributed by atoms with E-state index in [-0.39, 0.29) is 5.78 Å². The van der Waals surface area contributed by atoms with E-state index in [9.17, 15) is 4.79 Å². The van der Waals surface area contributed by atoms with Crippen LogP contribution < -0.4 is 0 Å². The van der Waals surface area contributed by atoms with Gasteiger partial charge in [0, 0.05) is 12.0 Å². The van der Waals surface area contributed by atoms with E-state index in [0.29, 0.717) is 5.56 Å². The molecule has 0 saturated heterocycles. The lowest BCUT2D eigenvalue weighted by Gasteiger charge is -1.95. The fraction of sp³-hybridized carbons (Fsp3) is 0.438. The van der Waals surface area contributed by atoms with Gasteiger partial charge in [-0.2, -0.15) is 0 Å². The quantitative estimate of drug-likeness (QED) is 0.320. The summed E-state index contributed by atoms with van der Waals surface area (Å²) >= 11 is 0. The second-order valence-electron chi connectivity index (χ2n) is 4.31. The van der Waals surface area contributed by atoms with E-state index in [1.165, 1.54) is 19.3 Å². The zero-order valence-corrected chi connectivity index (χ0v) is 10.8. The normalized spacial score (nSPS) is 9.53. The van der Waals surface area contributed by atoms with E-state index >= 15 is 0 Å². The average molecular weight is 228 g/mol. The summed E-state index contributed by atoms with van der Waals surface area (Å²) in [6.07, 6.45) is 5.63. The van der Waals surface area contributed by atoms with Crippen molar-refractivity contribution in [2.45, 2.75) is 46.0 Å². The molecule has 0 atom stereocenters. The molecular formula is C16H20O. The number of carbonyl (C=O) groups is 1. The number of hydrogen-bond donors (Lipinski definition) is 0. The number of unbranched alkanes of at least 4 members (excludes halogenated alkanes) is 4. The first-order valence-corrected chi connectivity index (χ1v) is 6.34. The van der Waals surface area contributed by atoms with Crippen LogP contribution in [0.25, 0.3) is 0 Å². The first-order chi connectivity index (χ1) is 8.24. The maximum absolute atomic E-state index is 11.7. The smallest absolute Gasteiger partial charge is 0.235 e. The third-order valence-corrected chi connectivity index (χ3v) is 2.67. The molecule has 0 spiro atoms. The van der Waals surface area contributed by atoms with Crippen LogP contribution in [0.4, 0.5) is 0 Å². The second-order valence-corrected chi connectivity index (χ2v) is 4.31. The molecule has 90 valence electrons. The predicted octanol–water partition coefficient (Wildman–Crippen LogP) is 4.15. The van der Waals surface area contributed by atoms with Crippen molar-refractivity contribution in [1.82, 2.24) is 0 Å². The molecule has 0 N–H and O–H groups in total. The molecular weight excluding hydrogens is 208 g/mol. The van der Waals surface area contributed by atoms with Crippen LogP contribution in [-0.4, -0.2) is 5.78 Å². The van der Waals surface area contributed by atoms with Gasteiger partial charge in [0.15, 0.2) is 0 Å². The fourth-order valence-electron chi connectivity index (χ4n) is 1.56. The van der Waals surface area contributed by atoms with Gasteiger partial charge in [0.1, 0.15) is 0 Å². The molecule has 1 heteroatoms. The average Bonchev–Trinajstić information content (AvgIpc) is 2.34. The molecule has 1 aromatic rings. The molecule has 0 aromatic heterocycles. The van der Waals surface area contributed by atoms with Gasteiger partial charge in [0.05, 0.1) is 0 Å². The first kappa shape index (κ1) is 13.5. The van der Waals surface area contributed by atoms with Crippen LogP contribution >= 0.6 is 0 Å². The molecule has 17 heavy (non-hydrogen) atoms. The second kappa shape index (κ2) is 7.68. The Labute approximate surface area is 104 Å². The Morgan fingerprint density at radius 2 is 1.82 bits per heavy atom. The fourth-order valence-corrected chi connectivity index (χ4v) is 1.56. The highest BCUT2D eigenvalue weighted by molar-refractivity contribution is 6.08. The highest BCUT2D eigenvalue weighted by atomic mass is 16.1. The van der Waals surface area contributed by atoms with Crippen LogP contribution in [0.2, 0.25) is 0 Å². The third-order valence-electron chi connectivity index (χ3n) is 2.67. The van der Waals surface area contributed by atoms with Crippen molar-refractivity contribution in [2.75, 3.05) is 0 Å². The molecule has 0 aliphatic heterocycles. The number of carbonyl (C=O) groups excluding carboxylic acids is 1. The zero-order valence-electron chi connectivity index (χ0n) is 10.8. The lowest BCUT2D eigenvalue weighted by atomic mass is 10.1. The minimum Gasteiger partial charge on any atom is -0.279 e. The van der Waals surface area contributed by atoms with Crippen molar-refractivity contribution in [2.24, 2.45) is 0 Å². The van der Waals surface area contributed by atoms with E-state index in [1.807, 2.05) is 31.2 Å². The number of rotatable bonds is 5. The van der Waals surface area contributed by atoms with Gasteiger partial charge in [-0.25, -0.2) is 0 Å². The summed E-state index contributed by atoms with van der Waals surface area (Å²) in [6.45, 7) is 4.19.